The fourth-order valence-corrected chi connectivity index (χ4v) is 1.86. The van der Waals surface area contributed by atoms with Gasteiger partial charge in [0.25, 0.3) is 0 Å². The van der Waals surface area contributed by atoms with Gasteiger partial charge in [-0.25, -0.2) is 0 Å². The van der Waals surface area contributed by atoms with Gasteiger partial charge in [-0.1, -0.05) is 20.8 Å². The van der Waals surface area contributed by atoms with Crippen molar-refractivity contribution in [2.45, 2.75) is 20.8 Å². The molecule has 0 aliphatic rings. The van der Waals surface area contributed by atoms with E-state index in [-0.39, 0.29) is 5.41 Å². The first-order valence-electron chi connectivity index (χ1n) is 5.17. The number of hydrogen-bond donors (Lipinski definition) is 1. The summed E-state index contributed by atoms with van der Waals surface area (Å²) in [5.74, 6) is 2.11. The van der Waals surface area contributed by atoms with Crippen LogP contribution in [0.4, 0.5) is 0 Å². The minimum atomic E-state index is 0.226. The normalized spacial score (nSPS) is 13.6. The number of thiol groups is 1. The van der Waals surface area contributed by atoms with Gasteiger partial charge in [-0.05, 0) is 23.3 Å². The molecule has 15 heavy (non-hydrogen) atoms. The Bertz CT molecular complexity index is 281. The maximum Gasteiger partial charge on any atom is 0.137 e. The number of ether oxygens (including phenoxy) is 1. The van der Waals surface area contributed by atoms with Gasteiger partial charge < -0.3 is 4.74 Å². The molecule has 1 atom stereocenters. The smallest absolute Gasteiger partial charge is 0.137 e. The van der Waals surface area contributed by atoms with Gasteiger partial charge in [0.05, 0.1) is 12.8 Å². The fraction of sp³-hybridized carbons (Fsp3) is 0.583. The van der Waals surface area contributed by atoms with Crippen LogP contribution in [0, 0.1) is 11.3 Å². The molecule has 0 spiro atoms. The molecule has 1 unspecified atom stereocenters. The number of pyridine rings is 1. The molecule has 0 aliphatic carbocycles. The van der Waals surface area contributed by atoms with E-state index in [1.165, 1.54) is 0 Å². The van der Waals surface area contributed by atoms with Crippen LogP contribution in [0.15, 0.2) is 24.5 Å². The predicted molar refractivity (Wildman–Crippen MR) is 66.5 cm³/mol. The number of nitrogens with zero attached hydrogens (tertiary/aromatic N) is 1. The molecule has 0 N–H and O–H groups in total. The first kappa shape index (κ1) is 12.4. The average molecular weight is 225 g/mol. The first-order chi connectivity index (χ1) is 7.04. The van der Waals surface area contributed by atoms with Crippen molar-refractivity contribution in [2.24, 2.45) is 11.3 Å². The monoisotopic (exact) mass is 225 g/mol. The zero-order valence-electron chi connectivity index (χ0n) is 9.60. The Hall–Kier alpha value is -0.700. The summed E-state index contributed by atoms with van der Waals surface area (Å²) >= 11 is 4.36. The summed E-state index contributed by atoms with van der Waals surface area (Å²) < 4.78 is 5.67. The average Bonchev–Trinajstić information content (AvgIpc) is 2.18. The molecule has 84 valence electrons. The Labute approximate surface area is 97.5 Å². The molecule has 0 aromatic carbocycles. The van der Waals surface area contributed by atoms with E-state index >= 15 is 0 Å². The lowest BCUT2D eigenvalue weighted by Crippen LogP contribution is -2.28. The van der Waals surface area contributed by atoms with Gasteiger partial charge >= 0.3 is 0 Å². The molecular weight excluding hydrogens is 206 g/mol. The highest BCUT2D eigenvalue weighted by atomic mass is 32.1. The summed E-state index contributed by atoms with van der Waals surface area (Å²) in [6, 6.07) is 3.80. The molecule has 1 heterocycles. The molecule has 0 bridgehead atoms. The lowest BCUT2D eigenvalue weighted by Gasteiger charge is -2.29. The fourth-order valence-electron chi connectivity index (χ4n) is 1.21. The van der Waals surface area contributed by atoms with Gasteiger partial charge in [-0.3, -0.25) is 4.98 Å². The number of rotatable bonds is 4. The molecule has 0 radical (unpaired) electrons. The highest BCUT2D eigenvalue weighted by molar-refractivity contribution is 7.80. The Balaban J connectivity index is 2.49. The van der Waals surface area contributed by atoms with Crippen molar-refractivity contribution in [3.8, 4) is 5.75 Å². The van der Waals surface area contributed by atoms with Crippen LogP contribution in [0.25, 0.3) is 0 Å². The van der Waals surface area contributed by atoms with Gasteiger partial charge in [0.2, 0.25) is 0 Å². The summed E-state index contributed by atoms with van der Waals surface area (Å²) in [5, 5.41) is 0. The third-order valence-electron chi connectivity index (χ3n) is 2.53. The predicted octanol–water partition coefficient (Wildman–Crippen LogP) is 3.05. The molecule has 3 heteroatoms. The van der Waals surface area contributed by atoms with E-state index in [2.05, 4.69) is 38.4 Å². The van der Waals surface area contributed by atoms with Gasteiger partial charge in [0, 0.05) is 12.1 Å². The van der Waals surface area contributed by atoms with Crippen LogP contribution >= 0.6 is 12.6 Å². The Kier molecular flexibility index (Phi) is 4.45. The lowest BCUT2D eigenvalue weighted by atomic mass is 9.82. The van der Waals surface area contributed by atoms with E-state index in [1.807, 2.05) is 12.1 Å². The van der Waals surface area contributed by atoms with Crippen LogP contribution in [0.1, 0.15) is 20.8 Å². The second-order valence-corrected chi connectivity index (χ2v) is 5.11. The van der Waals surface area contributed by atoms with Crippen molar-refractivity contribution in [1.82, 2.24) is 4.98 Å². The SMILES string of the molecule is CC(C)(C)C(CS)COc1cccnc1. The molecule has 1 aromatic heterocycles. The van der Waals surface area contributed by atoms with Crippen LogP contribution in [0.2, 0.25) is 0 Å². The minimum absolute atomic E-state index is 0.226. The van der Waals surface area contributed by atoms with E-state index in [4.69, 9.17) is 4.74 Å². The van der Waals surface area contributed by atoms with E-state index in [0.29, 0.717) is 12.5 Å². The van der Waals surface area contributed by atoms with Crippen molar-refractivity contribution in [3.63, 3.8) is 0 Å². The highest BCUT2D eigenvalue weighted by Crippen LogP contribution is 2.27. The third-order valence-corrected chi connectivity index (χ3v) is 2.97. The Morgan fingerprint density at radius 2 is 2.20 bits per heavy atom. The zero-order chi connectivity index (χ0) is 11.3. The van der Waals surface area contributed by atoms with Crippen molar-refractivity contribution in [3.05, 3.63) is 24.5 Å². The topological polar surface area (TPSA) is 22.1 Å². The molecule has 0 fully saturated rings. The number of aromatic nitrogens is 1. The molecule has 0 saturated carbocycles. The summed E-state index contributed by atoms with van der Waals surface area (Å²) in [4.78, 5) is 4.01. The molecule has 0 aliphatic heterocycles. The maximum absolute atomic E-state index is 5.67. The summed E-state index contributed by atoms with van der Waals surface area (Å²) in [6.45, 7) is 7.32. The summed E-state index contributed by atoms with van der Waals surface area (Å²) in [6.07, 6.45) is 3.48. The van der Waals surface area contributed by atoms with Crippen LogP contribution < -0.4 is 4.74 Å². The van der Waals surface area contributed by atoms with Gasteiger partial charge in [-0.2, -0.15) is 12.6 Å². The first-order valence-corrected chi connectivity index (χ1v) is 5.81. The van der Waals surface area contributed by atoms with Gasteiger partial charge in [0.15, 0.2) is 0 Å². The molecular formula is C12H19NOS. The molecule has 1 rings (SSSR count). The van der Waals surface area contributed by atoms with Crippen molar-refractivity contribution in [1.29, 1.82) is 0 Å². The third kappa shape index (κ3) is 4.12. The van der Waals surface area contributed by atoms with Crippen molar-refractivity contribution >= 4 is 12.6 Å². The second-order valence-electron chi connectivity index (χ2n) is 4.75. The second kappa shape index (κ2) is 5.40. The summed E-state index contributed by atoms with van der Waals surface area (Å²) in [5.41, 5.74) is 0.226. The van der Waals surface area contributed by atoms with Crippen molar-refractivity contribution in [2.75, 3.05) is 12.4 Å². The van der Waals surface area contributed by atoms with E-state index < -0.39 is 0 Å². The van der Waals surface area contributed by atoms with E-state index in [9.17, 15) is 0 Å². The van der Waals surface area contributed by atoms with Crippen LogP contribution in [0.3, 0.4) is 0 Å². The van der Waals surface area contributed by atoms with Crippen molar-refractivity contribution < 1.29 is 4.74 Å². The maximum atomic E-state index is 5.67. The Morgan fingerprint density at radius 1 is 1.47 bits per heavy atom. The van der Waals surface area contributed by atoms with Gasteiger partial charge in [0.1, 0.15) is 5.75 Å². The highest BCUT2D eigenvalue weighted by Gasteiger charge is 2.23. The molecule has 2 nitrogen and oxygen atoms in total. The minimum Gasteiger partial charge on any atom is -0.492 e. The van der Waals surface area contributed by atoms with Crippen LogP contribution in [-0.4, -0.2) is 17.3 Å². The largest absolute Gasteiger partial charge is 0.492 e. The standard InChI is InChI=1S/C12H19NOS/c1-12(2,3)10(9-15)8-14-11-5-4-6-13-7-11/h4-7,10,15H,8-9H2,1-3H3. The lowest BCUT2D eigenvalue weighted by molar-refractivity contribution is 0.165. The Morgan fingerprint density at radius 3 is 2.67 bits per heavy atom. The van der Waals surface area contributed by atoms with Crippen LogP contribution in [-0.2, 0) is 0 Å². The van der Waals surface area contributed by atoms with Gasteiger partial charge in [-0.15, -0.1) is 0 Å². The zero-order valence-corrected chi connectivity index (χ0v) is 10.5. The molecule has 0 saturated heterocycles. The molecule has 0 amide bonds. The molecule has 1 aromatic rings. The quantitative estimate of drug-likeness (QED) is 0.796. The summed E-state index contributed by atoms with van der Waals surface area (Å²) in [7, 11) is 0. The van der Waals surface area contributed by atoms with Crippen LogP contribution in [0.5, 0.6) is 5.75 Å². The van der Waals surface area contributed by atoms with E-state index in [0.717, 1.165) is 11.5 Å². The number of hydrogen-bond acceptors (Lipinski definition) is 3. The van der Waals surface area contributed by atoms with E-state index in [1.54, 1.807) is 12.4 Å².